The molecule has 0 aliphatic carbocycles. The molecule has 0 aromatic carbocycles. The number of carbonyl (C=O) groups excluding carboxylic acids is 3. The van der Waals surface area contributed by atoms with Crippen molar-refractivity contribution in [1.29, 1.82) is 0 Å². The van der Waals surface area contributed by atoms with Crippen LogP contribution in [-0.4, -0.2) is 30.3 Å². The summed E-state index contributed by atoms with van der Waals surface area (Å²) in [4.78, 5) is 35.5. The van der Waals surface area contributed by atoms with Crippen LogP contribution in [0.5, 0.6) is 0 Å². The molecular weight excluding hydrogens is 312 g/mol. The van der Waals surface area contributed by atoms with Crippen molar-refractivity contribution in [2.75, 3.05) is 6.61 Å². The second kappa shape index (κ2) is 7.95. The van der Waals surface area contributed by atoms with Gasteiger partial charge < -0.3 is 14.2 Å². The van der Waals surface area contributed by atoms with Gasteiger partial charge in [-0.3, -0.25) is 0 Å². The van der Waals surface area contributed by atoms with Gasteiger partial charge in [-0.2, -0.15) is 0 Å². The normalized spacial score (nSPS) is 11.2. The molecule has 0 N–H and O–H groups in total. The molecule has 6 heteroatoms. The number of ether oxygens (including phenoxy) is 3. The van der Waals surface area contributed by atoms with Crippen LogP contribution in [0.1, 0.15) is 41.5 Å². The zero-order chi connectivity index (χ0) is 19.3. The van der Waals surface area contributed by atoms with E-state index in [1.807, 2.05) is 0 Å². The van der Waals surface area contributed by atoms with Crippen molar-refractivity contribution in [1.82, 2.24) is 0 Å². The van der Waals surface area contributed by atoms with Crippen LogP contribution in [-0.2, 0) is 28.6 Å². The summed E-state index contributed by atoms with van der Waals surface area (Å²) in [5, 5.41) is 0. The highest BCUT2D eigenvalue weighted by molar-refractivity contribution is 5.89. The first-order valence-electron chi connectivity index (χ1n) is 7.34. The van der Waals surface area contributed by atoms with Gasteiger partial charge in [0.1, 0.15) is 6.61 Å². The van der Waals surface area contributed by atoms with Gasteiger partial charge in [0, 0.05) is 23.6 Å². The van der Waals surface area contributed by atoms with Gasteiger partial charge in [0.05, 0.1) is 5.41 Å². The molecule has 0 saturated heterocycles. The van der Waals surface area contributed by atoms with E-state index in [-0.39, 0.29) is 23.3 Å². The molecule has 24 heavy (non-hydrogen) atoms. The van der Waals surface area contributed by atoms with Gasteiger partial charge in [0.25, 0.3) is 5.79 Å². The lowest BCUT2D eigenvalue weighted by Gasteiger charge is -2.41. The maximum atomic E-state index is 11.9. The van der Waals surface area contributed by atoms with Crippen molar-refractivity contribution in [2.45, 2.75) is 47.3 Å². The van der Waals surface area contributed by atoms with Gasteiger partial charge in [-0.05, 0) is 34.6 Å². The van der Waals surface area contributed by atoms with E-state index in [1.165, 1.54) is 27.7 Å². The smallest absolute Gasteiger partial charge is 0.336 e. The molecule has 134 valence electrons. The van der Waals surface area contributed by atoms with Crippen LogP contribution in [0.25, 0.3) is 0 Å². The third kappa shape index (κ3) is 5.68. The van der Waals surface area contributed by atoms with Gasteiger partial charge in [-0.25, -0.2) is 14.4 Å². The minimum Gasteiger partial charge on any atom is -0.461 e. The Labute approximate surface area is 143 Å². The zero-order valence-electron chi connectivity index (χ0n) is 15.3. The fourth-order valence-electron chi connectivity index (χ4n) is 1.33. The van der Waals surface area contributed by atoms with Gasteiger partial charge in [-0.15, -0.1) is 0 Å². The maximum Gasteiger partial charge on any atom is 0.336 e. The Morgan fingerprint density at radius 3 is 1.38 bits per heavy atom. The molecule has 0 bridgehead atoms. The second-order valence-corrected chi connectivity index (χ2v) is 6.53. The summed E-state index contributed by atoms with van der Waals surface area (Å²) < 4.78 is 15.8. The lowest BCUT2D eigenvalue weighted by molar-refractivity contribution is -0.261. The average Bonchev–Trinajstić information content (AvgIpc) is 2.43. The molecule has 0 rings (SSSR count). The monoisotopic (exact) mass is 338 g/mol. The van der Waals surface area contributed by atoms with Crippen LogP contribution in [0, 0.1) is 5.41 Å². The lowest BCUT2D eigenvalue weighted by Crippen LogP contribution is -2.52. The van der Waals surface area contributed by atoms with Gasteiger partial charge in [-0.1, -0.05) is 19.7 Å². The molecule has 0 aromatic rings. The highest BCUT2D eigenvalue weighted by Gasteiger charge is 2.49. The van der Waals surface area contributed by atoms with Crippen molar-refractivity contribution in [3.8, 4) is 0 Å². The van der Waals surface area contributed by atoms with Crippen LogP contribution in [0.3, 0.4) is 0 Å². The minimum atomic E-state index is -1.70. The highest BCUT2D eigenvalue weighted by Crippen LogP contribution is 2.37. The third-order valence-electron chi connectivity index (χ3n) is 3.41. The molecular formula is C18H26O6. The van der Waals surface area contributed by atoms with Crippen molar-refractivity contribution in [2.24, 2.45) is 5.41 Å². The molecule has 0 aliphatic rings. The molecule has 0 atom stereocenters. The van der Waals surface area contributed by atoms with E-state index in [4.69, 9.17) is 14.2 Å². The highest BCUT2D eigenvalue weighted by atomic mass is 16.7. The van der Waals surface area contributed by atoms with E-state index in [1.54, 1.807) is 13.8 Å². The molecule has 0 spiro atoms. The minimum absolute atomic E-state index is 0.141. The van der Waals surface area contributed by atoms with E-state index in [0.717, 1.165) is 0 Å². The van der Waals surface area contributed by atoms with Crippen molar-refractivity contribution < 1.29 is 28.6 Å². The Morgan fingerprint density at radius 2 is 1.08 bits per heavy atom. The summed E-state index contributed by atoms with van der Waals surface area (Å²) in [5.41, 5.74) is -0.538. The summed E-state index contributed by atoms with van der Waals surface area (Å²) in [6.07, 6.45) is 0. The Morgan fingerprint density at radius 1 is 0.750 bits per heavy atom. The number of hydrogen-bond donors (Lipinski definition) is 0. The lowest BCUT2D eigenvalue weighted by atomic mass is 9.84. The van der Waals surface area contributed by atoms with E-state index in [2.05, 4.69) is 19.7 Å². The van der Waals surface area contributed by atoms with Gasteiger partial charge in [0.15, 0.2) is 0 Å². The van der Waals surface area contributed by atoms with Crippen LogP contribution in [0.4, 0.5) is 0 Å². The molecule has 0 unspecified atom stereocenters. The number of hydrogen-bond acceptors (Lipinski definition) is 6. The Bertz CT molecular complexity index is 554. The molecule has 0 aromatic heterocycles. The summed E-state index contributed by atoms with van der Waals surface area (Å²) in [5.74, 6) is -3.76. The SMILES string of the molecule is C=C(C)C(=O)OCC(C)(C)C(C)(OC(=O)C(=C)C)OC(=O)C(=C)C. The molecule has 0 aliphatic heterocycles. The maximum absolute atomic E-state index is 11.9. The predicted molar refractivity (Wildman–Crippen MR) is 89.8 cm³/mol. The van der Waals surface area contributed by atoms with E-state index < -0.39 is 29.1 Å². The standard InChI is InChI=1S/C18H26O6/c1-11(2)14(19)22-10-17(7,8)18(9,23-15(20)12(3)4)24-16(21)13(5)6/h1,3,5,10H2,2,4,6-9H3. The fraction of sp³-hybridized carbons (Fsp3) is 0.500. The zero-order valence-corrected chi connectivity index (χ0v) is 15.3. The Balaban J connectivity index is 5.55. The number of carbonyl (C=O) groups is 3. The van der Waals surface area contributed by atoms with Crippen molar-refractivity contribution in [3.63, 3.8) is 0 Å². The number of esters is 3. The van der Waals surface area contributed by atoms with Gasteiger partial charge in [0.2, 0.25) is 0 Å². The molecule has 0 radical (unpaired) electrons. The molecule has 0 heterocycles. The number of rotatable bonds is 8. The summed E-state index contributed by atoms with van der Waals surface area (Å²) in [7, 11) is 0. The molecule has 0 saturated carbocycles. The second-order valence-electron chi connectivity index (χ2n) is 6.53. The van der Waals surface area contributed by atoms with Crippen LogP contribution < -0.4 is 0 Å². The van der Waals surface area contributed by atoms with E-state index >= 15 is 0 Å². The molecule has 6 nitrogen and oxygen atoms in total. The molecule has 0 fully saturated rings. The third-order valence-corrected chi connectivity index (χ3v) is 3.41. The first-order valence-corrected chi connectivity index (χ1v) is 7.34. The van der Waals surface area contributed by atoms with E-state index in [0.29, 0.717) is 0 Å². The van der Waals surface area contributed by atoms with Crippen molar-refractivity contribution in [3.05, 3.63) is 36.5 Å². The fourth-order valence-corrected chi connectivity index (χ4v) is 1.33. The summed E-state index contributed by atoms with van der Waals surface area (Å²) in [6.45, 7) is 19.5. The quantitative estimate of drug-likeness (QED) is 0.384. The first kappa shape index (κ1) is 21.6. The Hall–Kier alpha value is -2.37. The van der Waals surface area contributed by atoms with Crippen LogP contribution in [0.15, 0.2) is 36.5 Å². The van der Waals surface area contributed by atoms with Crippen molar-refractivity contribution >= 4 is 17.9 Å². The van der Waals surface area contributed by atoms with Crippen LogP contribution in [0.2, 0.25) is 0 Å². The largest absolute Gasteiger partial charge is 0.461 e. The van der Waals surface area contributed by atoms with Gasteiger partial charge >= 0.3 is 17.9 Å². The Kier molecular flexibility index (Phi) is 7.16. The van der Waals surface area contributed by atoms with E-state index in [9.17, 15) is 14.4 Å². The first-order chi connectivity index (χ1) is 10.7. The summed E-state index contributed by atoms with van der Waals surface area (Å²) in [6, 6.07) is 0. The molecule has 0 amide bonds. The predicted octanol–water partition coefficient (Wildman–Crippen LogP) is 3.09. The van der Waals surface area contributed by atoms with Crippen LogP contribution >= 0.6 is 0 Å². The average molecular weight is 338 g/mol. The summed E-state index contributed by atoms with van der Waals surface area (Å²) >= 11 is 0. The topological polar surface area (TPSA) is 78.9 Å².